The summed E-state index contributed by atoms with van der Waals surface area (Å²) in [5.41, 5.74) is 4.38. The van der Waals surface area contributed by atoms with Crippen LogP contribution >= 0.6 is 0 Å². The molecule has 1 aliphatic carbocycles. The molecule has 6 rings (SSSR count). The lowest BCUT2D eigenvalue weighted by molar-refractivity contribution is -0.139. The van der Waals surface area contributed by atoms with Crippen molar-refractivity contribution in [3.05, 3.63) is 129 Å². The maximum atomic E-state index is 14.5. The summed E-state index contributed by atoms with van der Waals surface area (Å²) in [6.45, 7) is 5.24. The van der Waals surface area contributed by atoms with Crippen molar-refractivity contribution < 1.29 is 28.3 Å². The fourth-order valence-electron chi connectivity index (χ4n) is 5.60. The fraction of sp³-hybridized carbons (Fsp3) is 0.200. The van der Waals surface area contributed by atoms with Crippen LogP contribution < -0.4 is 10.6 Å². The van der Waals surface area contributed by atoms with E-state index in [1.165, 1.54) is 26.0 Å². The number of aliphatic hydroxyl groups excluding tert-OH is 1. The number of aliphatic imine (C=N–C) groups is 1. The maximum Gasteiger partial charge on any atom is 0.262 e. The second-order valence-corrected chi connectivity index (χ2v) is 11.7. The van der Waals surface area contributed by atoms with Gasteiger partial charge in [0.2, 0.25) is 5.91 Å². The number of fused-ring (bicyclic) bond motifs is 2. The molecule has 0 fully saturated rings. The smallest absolute Gasteiger partial charge is 0.262 e. The number of nitrogens with zero attached hydrogens (tertiary/aromatic N) is 1. The zero-order valence-corrected chi connectivity index (χ0v) is 24.2. The fourth-order valence-corrected chi connectivity index (χ4v) is 5.60. The van der Waals surface area contributed by atoms with Gasteiger partial charge in [0, 0.05) is 35.2 Å². The van der Waals surface area contributed by atoms with Gasteiger partial charge >= 0.3 is 0 Å². The minimum Gasteiger partial charge on any atom is -0.384 e. The standard InChI is InChI=1S/C35H29F2N3O4/c1-18-27-14-21(24-13-10-23(36)16-29(24)37)8-11-25(27)30(41)26-12-9-22(15-28(18)26)32(42)38-17-19-4-6-20(7-5-19)31-39-33(43)35(2,3)34(44)40-31/h4-16,18,30,41H,17H2,1-3H3,(H,38,42)(H,39,40,43,44)/t18-,30+/m1/s1. The van der Waals surface area contributed by atoms with Crippen LogP contribution in [-0.4, -0.2) is 28.7 Å². The summed E-state index contributed by atoms with van der Waals surface area (Å²) in [6, 6.07) is 20.9. The number of amides is 3. The molecule has 3 amide bonds. The molecule has 0 aromatic heterocycles. The van der Waals surface area contributed by atoms with E-state index in [2.05, 4.69) is 15.6 Å². The lowest BCUT2D eigenvalue weighted by atomic mass is 9.76. The van der Waals surface area contributed by atoms with Gasteiger partial charge in [-0.25, -0.2) is 8.78 Å². The van der Waals surface area contributed by atoms with Gasteiger partial charge in [-0.05, 0) is 71.5 Å². The Bertz CT molecular complexity index is 1880. The van der Waals surface area contributed by atoms with Crippen molar-refractivity contribution in [1.82, 2.24) is 10.6 Å². The molecule has 0 saturated heterocycles. The third-order valence-electron chi connectivity index (χ3n) is 8.43. The molecule has 2 aliphatic rings. The lowest BCUT2D eigenvalue weighted by Crippen LogP contribution is -2.49. The summed E-state index contributed by atoms with van der Waals surface area (Å²) in [7, 11) is 0. The third-order valence-corrected chi connectivity index (χ3v) is 8.43. The lowest BCUT2D eigenvalue weighted by Gasteiger charge is -2.30. The van der Waals surface area contributed by atoms with Crippen molar-refractivity contribution >= 4 is 23.6 Å². The van der Waals surface area contributed by atoms with E-state index in [0.717, 1.165) is 22.8 Å². The van der Waals surface area contributed by atoms with Gasteiger partial charge in [-0.15, -0.1) is 0 Å². The number of rotatable bonds is 5. The highest BCUT2D eigenvalue weighted by atomic mass is 19.1. The van der Waals surface area contributed by atoms with Gasteiger partial charge in [-0.3, -0.25) is 14.4 Å². The van der Waals surface area contributed by atoms with Crippen molar-refractivity contribution in [3.63, 3.8) is 0 Å². The number of hydrogen-bond acceptors (Lipinski definition) is 4. The molecule has 0 saturated carbocycles. The van der Waals surface area contributed by atoms with Crippen LogP contribution in [0.5, 0.6) is 0 Å². The number of benzene rings is 4. The zero-order chi connectivity index (χ0) is 31.3. The normalized spacial score (nSPS) is 18.5. The first kappa shape index (κ1) is 29.1. The molecule has 4 aromatic rings. The molecule has 3 N–H and O–H groups in total. The number of nitrogens with one attached hydrogen (secondary N) is 2. The molecule has 0 spiro atoms. The third kappa shape index (κ3) is 5.09. The van der Waals surface area contributed by atoms with E-state index in [1.54, 1.807) is 60.7 Å². The van der Waals surface area contributed by atoms with Crippen molar-refractivity contribution in [3.8, 4) is 11.1 Å². The van der Waals surface area contributed by atoms with Crippen LogP contribution in [0.2, 0.25) is 0 Å². The van der Waals surface area contributed by atoms with Crippen LogP contribution in [-0.2, 0) is 16.1 Å². The molecule has 1 heterocycles. The Balaban J connectivity index is 1.18. The Morgan fingerprint density at radius 1 is 0.886 bits per heavy atom. The van der Waals surface area contributed by atoms with Gasteiger partial charge in [-0.2, -0.15) is 4.99 Å². The predicted molar refractivity (Wildman–Crippen MR) is 161 cm³/mol. The quantitative estimate of drug-likeness (QED) is 0.264. The number of carbonyl (C=O) groups excluding carboxylic acids is 3. The Morgan fingerprint density at radius 2 is 1.55 bits per heavy atom. The molecule has 2 atom stereocenters. The average Bonchev–Trinajstić information content (AvgIpc) is 3.01. The number of carbonyl (C=O) groups is 3. The minimum absolute atomic E-state index is 0.191. The van der Waals surface area contributed by atoms with Gasteiger partial charge in [0.05, 0.1) is 0 Å². The van der Waals surface area contributed by atoms with E-state index in [9.17, 15) is 28.3 Å². The Kier molecular flexibility index (Phi) is 7.21. The first-order valence-corrected chi connectivity index (χ1v) is 14.2. The molecule has 0 radical (unpaired) electrons. The molecule has 1 aliphatic heterocycles. The van der Waals surface area contributed by atoms with Crippen LogP contribution in [0.1, 0.15) is 76.5 Å². The summed E-state index contributed by atoms with van der Waals surface area (Å²) in [5, 5.41) is 16.7. The van der Waals surface area contributed by atoms with Crippen LogP contribution in [0.4, 0.5) is 8.78 Å². The summed E-state index contributed by atoms with van der Waals surface area (Å²) >= 11 is 0. The van der Waals surface area contributed by atoms with Crippen molar-refractivity contribution in [2.45, 2.75) is 39.3 Å². The average molecular weight is 594 g/mol. The number of hydrogen-bond donors (Lipinski definition) is 3. The predicted octanol–water partition coefficient (Wildman–Crippen LogP) is 5.54. The largest absolute Gasteiger partial charge is 0.384 e. The molecular formula is C35H29F2N3O4. The summed E-state index contributed by atoms with van der Waals surface area (Å²) < 4.78 is 28.0. The van der Waals surface area contributed by atoms with E-state index in [4.69, 9.17) is 0 Å². The molecule has 44 heavy (non-hydrogen) atoms. The molecule has 7 nitrogen and oxygen atoms in total. The van der Waals surface area contributed by atoms with E-state index in [0.29, 0.717) is 27.8 Å². The zero-order valence-electron chi connectivity index (χ0n) is 24.2. The highest BCUT2D eigenvalue weighted by molar-refractivity contribution is 6.22. The molecule has 0 unspecified atom stereocenters. The Morgan fingerprint density at radius 3 is 2.23 bits per heavy atom. The van der Waals surface area contributed by atoms with Crippen LogP contribution in [0.3, 0.4) is 0 Å². The van der Waals surface area contributed by atoms with Crippen molar-refractivity contribution in [1.29, 1.82) is 0 Å². The highest BCUT2D eigenvalue weighted by Crippen LogP contribution is 2.43. The van der Waals surface area contributed by atoms with Crippen molar-refractivity contribution in [2.24, 2.45) is 10.4 Å². The molecule has 4 aromatic carbocycles. The van der Waals surface area contributed by atoms with E-state index < -0.39 is 35.0 Å². The first-order valence-electron chi connectivity index (χ1n) is 14.2. The van der Waals surface area contributed by atoms with Gasteiger partial charge in [0.1, 0.15) is 29.0 Å². The maximum absolute atomic E-state index is 14.5. The van der Waals surface area contributed by atoms with Gasteiger partial charge in [0.25, 0.3) is 11.8 Å². The Labute approximate surface area is 252 Å². The van der Waals surface area contributed by atoms with Gasteiger partial charge in [-0.1, -0.05) is 55.5 Å². The number of aliphatic hydroxyl groups is 1. The number of halogens is 2. The van der Waals surface area contributed by atoms with Crippen molar-refractivity contribution in [2.75, 3.05) is 0 Å². The summed E-state index contributed by atoms with van der Waals surface area (Å²) in [5.74, 6) is -2.56. The van der Waals surface area contributed by atoms with E-state index in [1.807, 2.05) is 6.92 Å². The highest BCUT2D eigenvalue weighted by Gasteiger charge is 2.40. The molecular weight excluding hydrogens is 564 g/mol. The number of amidine groups is 1. The van der Waals surface area contributed by atoms with E-state index >= 15 is 0 Å². The molecule has 9 heteroatoms. The second-order valence-electron chi connectivity index (χ2n) is 11.7. The van der Waals surface area contributed by atoms with Crippen LogP contribution in [0.25, 0.3) is 11.1 Å². The summed E-state index contributed by atoms with van der Waals surface area (Å²) in [6.07, 6.45) is -0.918. The Hall–Kier alpha value is -5.02. The molecule has 222 valence electrons. The SMILES string of the molecule is C[C@H]1c2cc(C(=O)NCc3ccc(C4=NC(=O)C(C)(C)C(=O)N4)cc3)ccc2[C@@H](O)c2ccc(-c3ccc(F)cc3F)cc21. The van der Waals surface area contributed by atoms with Crippen LogP contribution in [0.15, 0.2) is 83.9 Å². The van der Waals surface area contributed by atoms with Gasteiger partial charge in [0.15, 0.2) is 0 Å². The van der Waals surface area contributed by atoms with Crippen LogP contribution in [0, 0.1) is 17.0 Å². The second kappa shape index (κ2) is 10.9. The van der Waals surface area contributed by atoms with Gasteiger partial charge < -0.3 is 15.7 Å². The van der Waals surface area contributed by atoms with E-state index in [-0.39, 0.29) is 29.8 Å². The summed E-state index contributed by atoms with van der Waals surface area (Å²) in [4.78, 5) is 41.7. The topological polar surface area (TPSA) is 108 Å². The first-order chi connectivity index (χ1) is 20.9. The monoisotopic (exact) mass is 593 g/mol. The molecule has 0 bridgehead atoms. The minimum atomic E-state index is -1.21.